The molecule has 0 saturated heterocycles. The van der Waals surface area contributed by atoms with Gasteiger partial charge in [-0.25, -0.2) is 0 Å². The second-order valence-electron chi connectivity index (χ2n) is 8.29. The minimum absolute atomic E-state index is 0.0135. The Morgan fingerprint density at radius 2 is 1.79 bits per heavy atom. The van der Waals surface area contributed by atoms with Crippen LogP contribution in [0, 0.1) is 0 Å². The van der Waals surface area contributed by atoms with Crippen LogP contribution in [0.15, 0.2) is 41.7 Å². The number of hydrogen-bond donors (Lipinski definition) is 1. The number of benzene rings is 1. The molecule has 0 bridgehead atoms. The van der Waals surface area contributed by atoms with E-state index >= 15 is 0 Å². The molecule has 2 aromatic rings. The maximum absolute atomic E-state index is 10.7. The fourth-order valence-electron chi connectivity index (χ4n) is 2.50. The van der Waals surface area contributed by atoms with Crippen LogP contribution in [0.5, 0.6) is 5.75 Å². The highest BCUT2D eigenvalue weighted by Gasteiger charge is 2.24. The monoisotopic (exact) mass is 324 g/mol. The molecule has 24 heavy (non-hydrogen) atoms. The van der Waals surface area contributed by atoms with Gasteiger partial charge >= 0.3 is 0 Å². The first kappa shape index (κ1) is 18.2. The lowest BCUT2D eigenvalue weighted by Crippen LogP contribution is -2.17. The molecule has 0 amide bonds. The van der Waals surface area contributed by atoms with Crippen molar-refractivity contribution in [2.24, 2.45) is 4.99 Å². The summed E-state index contributed by atoms with van der Waals surface area (Å²) >= 11 is 0. The third-order valence-corrected chi connectivity index (χ3v) is 4.04. The number of phenols is 1. The molecule has 1 heterocycles. The second kappa shape index (κ2) is 6.76. The van der Waals surface area contributed by atoms with Crippen molar-refractivity contribution in [3.8, 4) is 5.75 Å². The fraction of sp³-hybridized carbons (Fsp3) is 0.429. The standard InChI is InChI=1S/C21H28N2O/c1-20(2,3)17-10-16(19(24)18(11-17)21(4,5)6)14-23-13-15-8-7-9-22-12-15/h7-12,14,24H,13H2,1-6H3. The number of aliphatic imine (C=N–C) groups is 1. The van der Waals surface area contributed by atoms with Crippen LogP contribution in [0.2, 0.25) is 0 Å². The summed E-state index contributed by atoms with van der Waals surface area (Å²) in [5.41, 5.74) is 3.87. The Morgan fingerprint density at radius 1 is 1.08 bits per heavy atom. The lowest BCUT2D eigenvalue weighted by atomic mass is 9.79. The second-order valence-corrected chi connectivity index (χ2v) is 8.29. The van der Waals surface area contributed by atoms with Gasteiger partial charge in [0.15, 0.2) is 0 Å². The van der Waals surface area contributed by atoms with Gasteiger partial charge in [0.2, 0.25) is 0 Å². The third-order valence-electron chi connectivity index (χ3n) is 4.04. The van der Waals surface area contributed by atoms with E-state index in [1.807, 2.05) is 24.4 Å². The Balaban J connectivity index is 2.41. The summed E-state index contributed by atoms with van der Waals surface area (Å²) in [6.07, 6.45) is 5.33. The maximum Gasteiger partial charge on any atom is 0.128 e. The molecule has 0 fully saturated rings. The molecule has 0 aliphatic rings. The van der Waals surface area contributed by atoms with Crippen molar-refractivity contribution >= 4 is 6.21 Å². The Bertz CT molecular complexity index is 720. The van der Waals surface area contributed by atoms with E-state index in [1.54, 1.807) is 12.4 Å². The number of aromatic hydroxyl groups is 1. The van der Waals surface area contributed by atoms with E-state index in [2.05, 4.69) is 57.6 Å². The molecule has 0 unspecified atom stereocenters. The van der Waals surface area contributed by atoms with Gasteiger partial charge in [-0.2, -0.15) is 0 Å². The number of nitrogens with zero attached hydrogens (tertiary/aromatic N) is 2. The van der Waals surface area contributed by atoms with Crippen molar-refractivity contribution in [2.45, 2.75) is 58.9 Å². The van der Waals surface area contributed by atoms with Crippen LogP contribution in [0.25, 0.3) is 0 Å². The molecule has 0 spiro atoms. The third kappa shape index (κ3) is 4.44. The first-order chi connectivity index (χ1) is 11.1. The lowest BCUT2D eigenvalue weighted by Gasteiger charge is -2.27. The topological polar surface area (TPSA) is 45.5 Å². The molecule has 0 aliphatic heterocycles. The van der Waals surface area contributed by atoms with E-state index in [1.165, 1.54) is 5.56 Å². The fourth-order valence-corrected chi connectivity index (χ4v) is 2.50. The molecule has 1 aromatic heterocycles. The molecular formula is C21H28N2O. The zero-order valence-corrected chi connectivity index (χ0v) is 15.6. The van der Waals surface area contributed by atoms with Gasteiger partial charge in [0.25, 0.3) is 0 Å². The largest absolute Gasteiger partial charge is 0.507 e. The average Bonchev–Trinajstić information content (AvgIpc) is 2.47. The Kier molecular flexibility index (Phi) is 5.12. The van der Waals surface area contributed by atoms with Crippen molar-refractivity contribution in [1.29, 1.82) is 0 Å². The highest BCUT2D eigenvalue weighted by molar-refractivity contribution is 5.85. The molecule has 0 saturated carbocycles. The summed E-state index contributed by atoms with van der Waals surface area (Å²) in [5.74, 6) is 0.324. The van der Waals surface area contributed by atoms with Crippen LogP contribution in [-0.4, -0.2) is 16.3 Å². The smallest absolute Gasteiger partial charge is 0.128 e. The molecule has 0 atom stereocenters. The van der Waals surface area contributed by atoms with E-state index in [4.69, 9.17) is 0 Å². The van der Waals surface area contributed by atoms with Crippen LogP contribution in [-0.2, 0) is 17.4 Å². The molecular weight excluding hydrogens is 296 g/mol. The summed E-state index contributed by atoms with van der Waals surface area (Å²) in [7, 11) is 0. The molecule has 128 valence electrons. The van der Waals surface area contributed by atoms with Crippen molar-refractivity contribution in [3.05, 3.63) is 58.9 Å². The number of rotatable bonds is 3. The Morgan fingerprint density at radius 3 is 2.33 bits per heavy atom. The predicted molar refractivity (Wildman–Crippen MR) is 101 cm³/mol. The van der Waals surface area contributed by atoms with Gasteiger partial charge in [0, 0.05) is 29.7 Å². The molecule has 0 radical (unpaired) electrons. The zero-order chi connectivity index (χ0) is 18.0. The van der Waals surface area contributed by atoms with Gasteiger partial charge in [0.1, 0.15) is 5.75 Å². The summed E-state index contributed by atoms with van der Waals surface area (Å²) in [5, 5.41) is 10.7. The van der Waals surface area contributed by atoms with Crippen LogP contribution in [0.3, 0.4) is 0 Å². The van der Waals surface area contributed by atoms with Crippen LogP contribution >= 0.6 is 0 Å². The Hall–Kier alpha value is -2.16. The predicted octanol–water partition coefficient (Wildman–Crippen LogP) is 5.00. The van der Waals surface area contributed by atoms with Gasteiger partial charge in [-0.1, -0.05) is 53.7 Å². The minimum Gasteiger partial charge on any atom is -0.507 e. The van der Waals surface area contributed by atoms with Crippen LogP contribution in [0.1, 0.15) is 63.8 Å². The molecule has 3 heteroatoms. The maximum atomic E-state index is 10.7. The number of hydrogen-bond acceptors (Lipinski definition) is 3. The number of phenolic OH excluding ortho intramolecular Hbond substituents is 1. The van der Waals surface area contributed by atoms with Gasteiger partial charge in [-0.3, -0.25) is 9.98 Å². The van der Waals surface area contributed by atoms with Crippen molar-refractivity contribution in [3.63, 3.8) is 0 Å². The zero-order valence-electron chi connectivity index (χ0n) is 15.6. The SMILES string of the molecule is CC(C)(C)c1cc(C=NCc2cccnc2)c(O)c(C(C)(C)C)c1. The van der Waals surface area contributed by atoms with Gasteiger partial charge in [0.05, 0.1) is 6.54 Å². The van der Waals surface area contributed by atoms with E-state index in [9.17, 15) is 5.11 Å². The normalized spacial score (nSPS) is 12.8. The van der Waals surface area contributed by atoms with E-state index in [0.717, 1.165) is 16.7 Å². The summed E-state index contributed by atoms with van der Waals surface area (Å²) in [6.45, 7) is 13.5. The van der Waals surface area contributed by atoms with Gasteiger partial charge in [-0.05, 0) is 34.1 Å². The molecule has 2 rings (SSSR count). The van der Waals surface area contributed by atoms with Crippen LogP contribution in [0.4, 0.5) is 0 Å². The quantitative estimate of drug-likeness (QED) is 0.807. The molecule has 1 aromatic carbocycles. The average molecular weight is 324 g/mol. The molecule has 3 nitrogen and oxygen atoms in total. The van der Waals surface area contributed by atoms with Crippen molar-refractivity contribution in [1.82, 2.24) is 4.98 Å². The molecule has 0 aliphatic carbocycles. The lowest BCUT2D eigenvalue weighted by molar-refractivity contribution is 0.444. The molecule has 1 N–H and O–H groups in total. The number of pyridine rings is 1. The Labute approximate surface area is 145 Å². The van der Waals surface area contributed by atoms with E-state index in [0.29, 0.717) is 12.3 Å². The highest BCUT2D eigenvalue weighted by Crippen LogP contribution is 2.37. The highest BCUT2D eigenvalue weighted by atomic mass is 16.3. The van der Waals surface area contributed by atoms with E-state index in [-0.39, 0.29) is 10.8 Å². The number of aromatic nitrogens is 1. The van der Waals surface area contributed by atoms with Gasteiger partial charge < -0.3 is 5.11 Å². The van der Waals surface area contributed by atoms with Crippen LogP contribution < -0.4 is 0 Å². The van der Waals surface area contributed by atoms with Crippen molar-refractivity contribution < 1.29 is 5.11 Å². The summed E-state index contributed by atoms with van der Waals surface area (Å²) < 4.78 is 0. The van der Waals surface area contributed by atoms with Crippen molar-refractivity contribution in [2.75, 3.05) is 0 Å². The minimum atomic E-state index is -0.128. The van der Waals surface area contributed by atoms with E-state index < -0.39 is 0 Å². The summed E-state index contributed by atoms with van der Waals surface area (Å²) in [4.78, 5) is 8.59. The first-order valence-corrected chi connectivity index (χ1v) is 8.36. The summed E-state index contributed by atoms with van der Waals surface area (Å²) in [6, 6.07) is 8.06. The van der Waals surface area contributed by atoms with Gasteiger partial charge in [-0.15, -0.1) is 0 Å². The first-order valence-electron chi connectivity index (χ1n) is 8.36.